The second-order valence-electron chi connectivity index (χ2n) is 4.02. The van der Waals surface area contributed by atoms with E-state index < -0.39 is 5.97 Å². The molecule has 0 aliphatic rings. The zero-order valence-corrected chi connectivity index (χ0v) is 10.8. The first-order valence-electron chi connectivity index (χ1n) is 5.87. The van der Waals surface area contributed by atoms with Crippen molar-refractivity contribution in [2.45, 2.75) is 0 Å². The number of anilines is 1. The first-order chi connectivity index (χ1) is 9.61. The van der Waals surface area contributed by atoms with Crippen molar-refractivity contribution in [2.75, 3.05) is 12.4 Å². The minimum atomic E-state index is -1.26. The van der Waals surface area contributed by atoms with Crippen molar-refractivity contribution in [1.82, 2.24) is 0 Å². The van der Waals surface area contributed by atoms with Crippen LogP contribution in [0, 0.1) is 0 Å². The Hall–Kier alpha value is -2.82. The molecule has 0 heterocycles. The Labute approximate surface area is 115 Å². The molecule has 0 aliphatic carbocycles. The van der Waals surface area contributed by atoms with Gasteiger partial charge in [0.1, 0.15) is 5.75 Å². The molecule has 1 N–H and O–H groups in total. The van der Waals surface area contributed by atoms with E-state index in [0.29, 0.717) is 17.0 Å². The lowest BCUT2D eigenvalue weighted by molar-refractivity contribution is -0.255. The number of carboxylic acids is 1. The van der Waals surface area contributed by atoms with Crippen molar-refractivity contribution < 1.29 is 19.4 Å². The van der Waals surface area contributed by atoms with E-state index in [9.17, 15) is 14.7 Å². The predicted molar refractivity (Wildman–Crippen MR) is 71.7 cm³/mol. The topological polar surface area (TPSA) is 78.5 Å². The van der Waals surface area contributed by atoms with Gasteiger partial charge in [-0.25, -0.2) is 0 Å². The Kier molecular flexibility index (Phi) is 4.00. The molecule has 0 saturated carbocycles. The Morgan fingerprint density at radius 1 is 1.05 bits per heavy atom. The lowest BCUT2D eigenvalue weighted by atomic mass is 10.1. The van der Waals surface area contributed by atoms with Crippen molar-refractivity contribution in [3.05, 3.63) is 59.7 Å². The summed E-state index contributed by atoms with van der Waals surface area (Å²) in [4.78, 5) is 22.7. The molecule has 0 radical (unpaired) electrons. The number of carboxylic acid groups (broad SMARTS) is 1. The maximum atomic E-state index is 12.1. The molecule has 0 bridgehead atoms. The smallest absolute Gasteiger partial charge is 0.259 e. The molecule has 5 heteroatoms. The second kappa shape index (κ2) is 5.88. The van der Waals surface area contributed by atoms with E-state index in [-0.39, 0.29) is 11.5 Å². The van der Waals surface area contributed by atoms with E-state index in [4.69, 9.17) is 4.74 Å². The number of hydrogen-bond acceptors (Lipinski definition) is 4. The van der Waals surface area contributed by atoms with Crippen molar-refractivity contribution in [1.29, 1.82) is 0 Å². The van der Waals surface area contributed by atoms with Crippen LogP contribution in [-0.2, 0) is 0 Å². The van der Waals surface area contributed by atoms with Crippen LogP contribution in [0.3, 0.4) is 0 Å². The molecule has 2 rings (SSSR count). The SMILES string of the molecule is COc1ccccc1C(=O)Nc1ccc(C(=O)[O-])cc1. The third-order valence-corrected chi connectivity index (χ3v) is 2.73. The Morgan fingerprint density at radius 3 is 2.30 bits per heavy atom. The van der Waals surface area contributed by atoms with Gasteiger partial charge in [-0.2, -0.15) is 0 Å². The first-order valence-corrected chi connectivity index (χ1v) is 5.87. The van der Waals surface area contributed by atoms with Gasteiger partial charge in [-0.3, -0.25) is 4.79 Å². The van der Waals surface area contributed by atoms with Gasteiger partial charge in [-0.1, -0.05) is 24.3 Å². The van der Waals surface area contributed by atoms with Crippen molar-refractivity contribution in [3.8, 4) is 5.75 Å². The Bertz CT molecular complexity index is 635. The fourth-order valence-electron chi connectivity index (χ4n) is 1.72. The normalized spacial score (nSPS) is 9.85. The number of methoxy groups -OCH3 is 1. The largest absolute Gasteiger partial charge is 0.545 e. The summed E-state index contributed by atoms with van der Waals surface area (Å²) >= 11 is 0. The van der Waals surface area contributed by atoms with Gasteiger partial charge in [-0.05, 0) is 29.8 Å². The van der Waals surface area contributed by atoms with Gasteiger partial charge in [0.05, 0.1) is 18.6 Å². The monoisotopic (exact) mass is 270 g/mol. The minimum absolute atomic E-state index is 0.0558. The first kappa shape index (κ1) is 13.6. The summed E-state index contributed by atoms with van der Waals surface area (Å²) in [6.07, 6.45) is 0. The third-order valence-electron chi connectivity index (χ3n) is 2.73. The summed E-state index contributed by atoms with van der Waals surface area (Å²) in [5.41, 5.74) is 0.949. The van der Waals surface area contributed by atoms with Gasteiger partial charge in [0.2, 0.25) is 0 Å². The number of carbonyl (C=O) groups excluding carboxylic acids is 2. The highest BCUT2D eigenvalue weighted by Gasteiger charge is 2.11. The number of para-hydroxylation sites is 1. The molecule has 0 aromatic heterocycles. The van der Waals surface area contributed by atoms with Crippen LogP contribution in [0.5, 0.6) is 5.75 Å². The van der Waals surface area contributed by atoms with Crippen molar-refractivity contribution in [3.63, 3.8) is 0 Å². The number of benzene rings is 2. The maximum absolute atomic E-state index is 12.1. The van der Waals surface area contributed by atoms with E-state index in [0.717, 1.165) is 0 Å². The van der Waals surface area contributed by atoms with Gasteiger partial charge in [0, 0.05) is 5.69 Å². The highest BCUT2D eigenvalue weighted by Crippen LogP contribution is 2.19. The quantitative estimate of drug-likeness (QED) is 0.908. The summed E-state index contributed by atoms with van der Waals surface area (Å²) in [7, 11) is 1.49. The third kappa shape index (κ3) is 2.95. The number of nitrogens with one attached hydrogen (secondary N) is 1. The van der Waals surface area contributed by atoms with Gasteiger partial charge < -0.3 is 20.0 Å². The average molecular weight is 270 g/mol. The molecule has 0 aliphatic heterocycles. The number of carbonyl (C=O) groups is 2. The molecule has 1 amide bonds. The second-order valence-corrected chi connectivity index (χ2v) is 4.02. The van der Waals surface area contributed by atoms with E-state index in [1.807, 2.05) is 0 Å². The van der Waals surface area contributed by atoms with Crippen molar-refractivity contribution in [2.24, 2.45) is 0 Å². The van der Waals surface area contributed by atoms with Crippen LogP contribution >= 0.6 is 0 Å². The van der Waals surface area contributed by atoms with Gasteiger partial charge >= 0.3 is 0 Å². The summed E-state index contributed by atoms with van der Waals surface area (Å²) in [5.74, 6) is -1.12. The summed E-state index contributed by atoms with van der Waals surface area (Å²) < 4.78 is 5.11. The number of rotatable bonds is 4. The highest BCUT2D eigenvalue weighted by atomic mass is 16.5. The van der Waals surface area contributed by atoms with Gasteiger partial charge in [-0.15, -0.1) is 0 Å². The van der Waals surface area contributed by atoms with E-state index in [1.165, 1.54) is 31.4 Å². The number of ether oxygens (including phenoxy) is 1. The molecule has 5 nitrogen and oxygen atoms in total. The van der Waals surface area contributed by atoms with Crippen LogP contribution in [0.2, 0.25) is 0 Å². The van der Waals surface area contributed by atoms with Crippen LogP contribution in [0.15, 0.2) is 48.5 Å². The molecule has 0 atom stereocenters. The molecule has 2 aromatic carbocycles. The standard InChI is InChI=1S/C15H13NO4/c1-20-13-5-3-2-4-12(13)14(17)16-11-8-6-10(7-9-11)15(18)19/h2-9H,1H3,(H,16,17)(H,18,19)/p-1. The average Bonchev–Trinajstić information content (AvgIpc) is 2.47. The fraction of sp³-hybridized carbons (Fsp3) is 0.0667. The fourth-order valence-corrected chi connectivity index (χ4v) is 1.72. The molecule has 0 saturated heterocycles. The van der Waals surface area contributed by atoms with Crippen LogP contribution in [0.1, 0.15) is 20.7 Å². The number of aromatic carboxylic acids is 1. The zero-order chi connectivity index (χ0) is 14.5. The zero-order valence-electron chi connectivity index (χ0n) is 10.8. The Morgan fingerprint density at radius 2 is 1.70 bits per heavy atom. The maximum Gasteiger partial charge on any atom is 0.259 e. The molecule has 20 heavy (non-hydrogen) atoms. The molecular formula is C15H12NO4-. The lowest BCUT2D eigenvalue weighted by Gasteiger charge is -2.09. The van der Waals surface area contributed by atoms with E-state index in [2.05, 4.69) is 5.32 Å². The number of hydrogen-bond donors (Lipinski definition) is 1. The molecule has 0 unspecified atom stereocenters. The highest BCUT2D eigenvalue weighted by molar-refractivity contribution is 6.06. The Balaban J connectivity index is 2.17. The predicted octanol–water partition coefficient (Wildman–Crippen LogP) is 1.31. The van der Waals surface area contributed by atoms with Crippen molar-refractivity contribution >= 4 is 17.6 Å². The summed E-state index contributed by atoms with van der Waals surface area (Å²) in [5, 5.41) is 13.3. The van der Waals surface area contributed by atoms with Gasteiger partial charge in [0.25, 0.3) is 5.91 Å². The van der Waals surface area contributed by atoms with Gasteiger partial charge in [0.15, 0.2) is 0 Å². The summed E-state index contributed by atoms with van der Waals surface area (Å²) in [6.45, 7) is 0. The molecule has 0 fully saturated rings. The van der Waals surface area contributed by atoms with Crippen LogP contribution in [0.25, 0.3) is 0 Å². The lowest BCUT2D eigenvalue weighted by Crippen LogP contribution is -2.22. The molecule has 0 spiro atoms. The summed E-state index contributed by atoms with van der Waals surface area (Å²) in [6, 6.07) is 12.6. The molecule has 2 aromatic rings. The number of amides is 1. The molecular weight excluding hydrogens is 258 g/mol. The van der Waals surface area contributed by atoms with Crippen LogP contribution in [0.4, 0.5) is 5.69 Å². The van der Waals surface area contributed by atoms with Crippen LogP contribution < -0.4 is 15.2 Å². The van der Waals surface area contributed by atoms with E-state index >= 15 is 0 Å². The van der Waals surface area contributed by atoms with E-state index in [1.54, 1.807) is 24.3 Å². The van der Waals surface area contributed by atoms with Crippen LogP contribution in [-0.4, -0.2) is 19.0 Å². The minimum Gasteiger partial charge on any atom is -0.545 e. The molecule has 102 valence electrons.